The van der Waals surface area contributed by atoms with Crippen molar-refractivity contribution in [3.63, 3.8) is 0 Å². The van der Waals surface area contributed by atoms with E-state index in [0.717, 1.165) is 24.8 Å². The molecule has 1 atom stereocenters. The summed E-state index contributed by atoms with van der Waals surface area (Å²) >= 11 is 0. The molecular weight excluding hydrogens is 220 g/mol. The summed E-state index contributed by atoms with van der Waals surface area (Å²) in [6.07, 6.45) is 4.97. The second kappa shape index (κ2) is 7.35. The van der Waals surface area contributed by atoms with Gasteiger partial charge in [0.2, 0.25) is 0 Å². The van der Waals surface area contributed by atoms with Crippen molar-refractivity contribution >= 4 is 5.78 Å². The lowest BCUT2D eigenvalue weighted by Gasteiger charge is -2.13. The molecule has 0 N–H and O–H groups in total. The maximum Gasteiger partial charge on any atom is 0.140 e. The Bertz CT molecular complexity index is 393. The Kier molecular flexibility index (Phi) is 6.11. The van der Waals surface area contributed by atoms with Gasteiger partial charge in [0.1, 0.15) is 5.78 Å². The highest BCUT2D eigenvalue weighted by atomic mass is 16.1. The largest absolute Gasteiger partial charge is 0.299 e. The Morgan fingerprint density at radius 3 is 2.44 bits per heavy atom. The summed E-state index contributed by atoms with van der Waals surface area (Å²) in [6.45, 7) is 8.52. The molecule has 0 aliphatic rings. The second-order valence-corrected chi connectivity index (χ2v) is 5.31. The SMILES string of the molecule is CCCCC(CC)C(=O)Cc1ccc(C)c(C)c1. The smallest absolute Gasteiger partial charge is 0.140 e. The average Bonchev–Trinajstić information content (AvgIpc) is 2.35. The van der Waals surface area contributed by atoms with Crippen LogP contribution in [0.1, 0.15) is 56.2 Å². The van der Waals surface area contributed by atoms with Crippen LogP contribution in [0.25, 0.3) is 0 Å². The molecule has 1 aromatic carbocycles. The van der Waals surface area contributed by atoms with E-state index in [9.17, 15) is 4.79 Å². The van der Waals surface area contributed by atoms with E-state index >= 15 is 0 Å². The highest BCUT2D eigenvalue weighted by Crippen LogP contribution is 2.18. The maximum absolute atomic E-state index is 12.2. The molecule has 1 heteroatoms. The summed E-state index contributed by atoms with van der Waals surface area (Å²) in [5, 5.41) is 0. The third-order valence-electron chi connectivity index (χ3n) is 3.80. The lowest BCUT2D eigenvalue weighted by molar-refractivity contribution is -0.122. The first-order valence-corrected chi connectivity index (χ1v) is 7.17. The summed E-state index contributed by atoms with van der Waals surface area (Å²) < 4.78 is 0. The van der Waals surface area contributed by atoms with Gasteiger partial charge in [-0.1, -0.05) is 44.9 Å². The van der Waals surface area contributed by atoms with E-state index in [1.165, 1.54) is 17.5 Å². The zero-order valence-corrected chi connectivity index (χ0v) is 12.3. The molecule has 1 nitrogen and oxygen atoms in total. The van der Waals surface area contributed by atoms with Crippen LogP contribution in [-0.2, 0) is 11.2 Å². The summed E-state index contributed by atoms with van der Waals surface area (Å²) in [7, 11) is 0. The number of carbonyl (C=O) groups excluding carboxylic acids is 1. The molecule has 1 unspecified atom stereocenters. The van der Waals surface area contributed by atoms with Gasteiger partial charge in [-0.05, 0) is 43.4 Å². The van der Waals surface area contributed by atoms with Crippen molar-refractivity contribution in [3.8, 4) is 0 Å². The van der Waals surface area contributed by atoms with Crippen LogP contribution in [0, 0.1) is 19.8 Å². The molecule has 100 valence electrons. The summed E-state index contributed by atoms with van der Waals surface area (Å²) in [5.41, 5.74) is 3.74. The molecule has 0 fully saturated rings. The highest BCUT2D eigenvalue weighted by Gasteiger charge is 2.16. The third-order valence-corrected chi connectivity index (χ3v) is 3.80. The molecular formula is C17H26O. The molecule has 0 saturated heterocycles. The van der Waals surface area contributed by atoms with Gasteiger partial charge in [0.05, 0.1) is 0 Å². The molecule has 1 aromatic rings. The van der Waals surface area contributed by atoms with Crippen molar-refractivity contribution in [2.45, 2.75) is 59.8 Å². The number of aryl methyl sites for hydroxylation is 2. The fourth-order valence-corrected chi connectivity index (χ4v) is 2.30. The van der Waals surface area contributed by atoms with Gasteiger partial charge in [0.25, 0.3) is 0 Å². The number of benzene rings is 1. The van der Waals surface area contributed by atoms with E-state index < -0.39 is 0 Å². The number of carbonyl (C=O) groups is 1. The first-order chi connectivity index (χ1) is 8.58. The van der Waals surface area contributed by atoms with E-state index in [-0.39, 0.29) is 5.92 Å². The van der Waals surface area contributed by atoms with Crippen molar-refractivity contribution < 1.29 is 4.79 Å². The van der Waals surface area contributed by atoms with Gasteiger partial charge < -0.3 is 0 Å². The number of rotatable bonds is 7. The number of unbranched alkanes of at least 4 members (excludes halogenated alkanes) is 1. The normalized spacial score (nSPS) is 12.4. The maximum atomic E-state index is 12.2. The molecule has 0 amide bonds. The van der Waals surface area contributed by atoms with Crippen LogP contribution in [0.4, 0.5) is 0 Å². The first-order valence-electron chi connectivity index (χ1n) is 7.17. The molecule has 0 aliphatic carbocycles. The van der Waals surface area contributed by atoms with Crippen LogP contribution in [0.3, 0.4) is 0 Å². The second-order valence-electron chi connectivity index (χ2n) is 5.31. The zero-order valence-electron chi connectivity index (χ0n) is 12.3. The van der Waals surface area contributed by atoms with Gasteiger partial charge >= 0.3 is 0 Å². The van der Waals surface area contributed by atoms with Crippen LogP contribution in [0.15, 0.2) is 18.2 Å². The van der Waals surface area contributed by atoms with Gasteiger partial charge in [0.15, 0.2) is 0 Å². The van der Waals surface area contributed by atoms with Gasteiger partial charge in [-0.2, -0.15) is 0 Å². The van der Waals surface area contributed by atoms with E-state index in [0.29, 0.717) is 12.2 Å². The highest BCUT2D eigenvalue weighted by molar-refractivity contribution is 5.83. The fraction of sp³-hybridized carbons (Fsp3) is 0.588. The van der Waals surface area contributed by atoms with Crippen molar-refractivity contribution in [1.82, 2.24) is 0 Å². The predicted octanol–water partition coefficient (Wildman–Crippen LogP) is 4.63. The summed E-state index contributed by atoms with van der Waals surface area (Å²) in [6, 6.07) is 6.36. The predicted molar refractivity (Wildman–Crippen MR) is 77.9 cm³/mol. The van der Waals surface area contributed by atoms with Crippen LogP contribution in [-0.4, -0.2) is 5.78 Å². The van der Waals surface area contributed by atoms with E-state index in [1.807, 2.05) is 0 Å². The standard InChI is InChI=1S/C17H26O/c1-5-7-8-16(6-2)17(18)12-15-10-9-13(3)14(4)11-15/h9-11,16H,5-8,12H2,1-4H3. The van der Waals surface area contributed by atoms with Crippen molar-refractivity contribution in [1.29, 1.82) is 0 Å². The zero-order chi connectivity index (χ0) is 13.5. The monoisotopic (exact) mass is 246 g/mol. The van der Waals surface area contributed by atoms with Crippen LogP contribution in [0.5, 0.6) is 0 Å². The topological polar surface area (TPSA) is 17.1 Å². The van der Waals surface area contributed by atoms with E-state index in [1.54, 1.807) is 0 Å². The Labute approximate surface area is 112 Å². The first kappa shape index (κ1) is 14.9. The molecule has 0 radical (unpaired) electrons. The van der Waals surface area contributed by atoms with Gasteiger partial charge in [0, 0.05) is 12.3 Å². The molecule has 0 bridgehead atoms. The van der Waals surface area contributed by atoms with E-state index in [2.05, 4.69) is 45.9 Å². The van der Waals surface area contributed by atoms with Crippen molar-refractivity contribution in [2.75, 3.05) is 0 Å². The number of ketones is 1. The molecule has 0 aliphatic heterocycles. The molecule has 0 aromatic heterocycles. The summed E-state index contributed by atoms with van der Waals surface area (Å²) in [5.74, 6) is 0.667. The average molecular weight is 246 g/mol. The van der Waals surface area contributed by atoms with Gasteiger partial charge in [-0.3, -0.25) is 4.79 Å². The minimum atomic E-state index is 0.256. The molecule has 0 spiro atoms. The lowest BCUT2D eigenvalue weighted by Crippen LogP contribution is -2.16. The van der Waals surface area contributed by atoms with Crippen LogP contribution < -0.4 is 0 Å². The quantitative estimate of drug-likeness (QED) is 0.685. The lowest BCUT2D eigenvalue weighted by atomic mass is 9.90. The van der Waals surface area contributed by atoms with Gasteiger partial charge in [-0.25, -0.2) is 0 Å². The molecule has 1 rings (SSSR count). The Balaban J connectivity index is 2.64. The molecule has 0 saturated carbocycles. The van der Waals surface area contributed by atoms with Crippen molar-refractivity contribution in [2.24, 2.45) is 5.92 Å². The number of hydrogen-bond acceptors (Lipinski definition) is 1. The molecule has 18 heavy (non-hydrogen) atoms. The number of Topliss-reactive ketones (excluding diaryl/α,β-unsaturated/α-hetero) is 1. The molecule has 0 heterocycles. The Morgan fingerprint density at radius 2 is 1.89 bits per heavy atom. The Hall–Kier alpha value is -1.11. The third kappa shape index (κ3) is 4.29. The minimum absolute atomic E-state index is 0.256. The van der Waals surface area contributed by atoms with Crippen LogP contribution in [0.2, 0.25) is 0 Å². The minimum Gasteiger partial charge on any atom is -0.299 e. The summed E-state index contributed by atoms with van der Waals surface area (Å²) in [4.78, 5) is 12.2. The van der Waals surface area contributed by atoms with E-state index in [4.69, 9.17) is 0 Å². The number of hydrogen-bond donors (Lipinski definition) is 0. The fourth-order valence-electron chi connectivity index (χ4n) is 2.30. The Morgan fingerprint density at radius 1 is 1.17 bits per heavy atom. The van der Waals surface area contributed by atoms with Crippen LogP contribution >= 0.6 is 0 Å². The van der Waals surface area contributed by atoms with Gasteiger partial charge in [-0.15, -0.1) is 0 Å². The van der Waals surface area contributed by atoms with Crippen molar-refractivity contribution in [3.05, 3.63) is 34.9 Å².